The number of ether oxygens (including phenoxy) is 1. The van der Waals surface area contributed by atoms with E-state index >= 15 is 0 Å². The molecular formula is C26H26N6O4. The van der Waals surface area contributed by atoms with E-state index in [0.29, 0.717) is 17.4 Å². The topological polar surface area (TPSA) is 131 Å². The van der Waals surface area contributed by atoms with Gasteiger partial charge in [-0.3, -0.25) is 9.48 Å². The van der Waals surface area contributed by atoms with Crippen molar-refractivity contribution in [3.8, 4) is 28.0 Å². The maximum absolute atomic E-state index is 12.3. The molecule has 1 aliphatic rings. The van der Waals surface area contributed by atoms with Gasteiger partial charge < -0.3 is 20.5 Å². The fourth-order valence-corrected chi connectivity index (χ4v) is 4.19. The zero-order valence-electron chi connectivity index (χ0n) is 20.1. The second kappa shape index (κ2) is 9.29. The number of methoxy groups -OCH3 is 1. The number of aromatic nitrogens is 4. The Bertz CT molecular complexity index is 1480. The minimum Gasteiger partial charge on any atom is -0.495 e. The molecule has 1 aliphatic carbocycles. The quantitative estimate of drug-likeness (QED) is 0.338. The van der Waals surface area contributed by atoms with E-state index in [1.807, 2.05) is 24.3 Å². The fourth-order valence-electron chi connectivity index (χ4n) is 4.19. The Morgan fingerprint density at radius 1 is 1.11 bits per heavy atom. The molecule has 184 valence electrons. The second-order valence-corrected chi connectivity index (χ2v) is 8.76. The molecule has 5 rings (SSSR count). The van der Waals surface area contributed by atoms with Gasteiger partial charge in [0.25, 0.3) is 0 Å². The van der Waals surface area contributed by atoms with E-state index in [-0.39, 0.29) is 11.8 Å². The molecule has 0 spiro atoms. The van der Waals surface area contributed by atoms with E-state index in [1.54, 1.807) is 45.9 Å². The van der Waals surface area contributed by atoms with Crippen LogP contribution in [0.25, 0.3) is 33.0 Å². The lowest BCUT2D eigenvalue weighted by atomic mass is 9.96. The lowest BCUT2D eigenvalue weighted by molar-refractivity contribution is -0.140. The molecule has 4 aromatic rings. The average Bonchev–Trinajstić information content (AvgIpc) is 3.64. The number of amides is 1. The molecule has 0 saturated heterocycles. The number of aliphatic carboxylic acids is 1. The van der Waals surface area contributed by atoms with Gasteiger partial charge >= 0.3 is 5.97 Å². The van der Waals surface area contributed by atoms with Gasteiger partial charge in [0.2, 0.25) is 5.91 Å². The molecule has 1 atom stereocenters. The van der Waals surface area contributed by atoms with Gasteiger partial charge in [-0.05, 0) is 25.8 Å². The third-order valence-electron chi connectivity index (χ3n) is 6.38. The summed E-state index contributed by atoms with van der Waals surface area (Å²) in [6.45, 7) is 1.57. The molecular weight excluding hydrogens is 460 g/mol. The first-order chi connectivity index (χ1) is 17.4. The number of benzene rings is 1. The van der Waals surface area contributed by atoms with Gasteiger partial charge in [-0.1, -0.05) is 18.2 Å². The molecule has 1 saturated carbocycles. The molecule has 0 radical (unpaired) electrons. The van der Waals surface area contributed by atoms with Crippen molar-refractivity contribution >= 4 is 34.3 Å². The lowest BCUT2D eigenvalue weighted by Crippen LogP contribution is -2.15. The number of hydrogen-bond donors (Lipinski definition) is 3. The highest BCUT2D eigenvalue weighted by molar-refractivity contribution is 6.05. The van der Waals surface area contributed by atoms with Crippen LogP contribution in [0.5, 0.6) is 5.75 Å². The molecule has 0 aliphatic heterocycles. The van der Waals surface area contributed by atoms with Gasteiger partial charge in [0.1, 0.15) is 23.4 Å². The highest BCUT2D eigenvalue weighted by atomic mass is 16.5. The van der Waals surface area contributed by atoms with Crippen LogP contribution in [0.15, 0.2) is 49.1 Å². The second-order valence-electron chi connectivity index (χ2n) is 8.76. The van der Waals surface area contributed by atoms with Crippen LogP contribution in [0.1, 0.15) is 25.8 Å². The Kier molecular flexibility index (Phi) is 6.01. The van der Waals surface area contributed by atoms with E-state index in [4.69, 9.17) is 4.74 Å². The number of carbonyl (C=O) groups excluding carboxylic acids is 1. The predicted octanol–water partition coefficient (Wildman–Crippen LogP) is 4.20. The van der Waals surface area contributed by atoms with Crippen molar-refractivity contribution < 1.29 is 19.4 Å². The lowest BCUT2D eigenvalue weighted by Gasteiger charge is -2.16. The largest absolute Gasteiger partial charge is 0.495 e. The Morgan fingerprint density at radius 3 is 2.58 bits per heavy atom. The number of pyridine rings is 2. The van der Waals surface area contributed by atoms with Crippen molar-refractivity contribution in [2.24, 2.45) is 5.92 Å². The van der Waals surface area contributed by atoms with Crippen molar-refractivity contribution in [2.75, 3.05) is 24.8 Å². The van der Waals surface area contributed by atoms with Crippen molar-refractivity contribution in [1.29, 1.82) is 0 Å². The number of rotatable bonds is 8. The minimum atomic E-state index is -0.967. The van der Waals surface area contributed by atoms with Crippen LogP contribution in [0.2, 0.25) is 0 Å². The third kappa shape index (κ3) is 4.21. The monoisotopic (exact) mass is 486 g/mol. The van der Waals surface area contributed by atoms with Gasteiger partial charge in [-0.2, -0.15) is 5.10 Å². The molecule has 10 nitrogen and oxygen atoms in total. The van der Waals surface area contributed by atoms with Crippen LogP contribution in [-0.2, 0) is 9.59 Å². The van der Waals surface area contributed by atoms with Crippen LogP contribution in [0.3, 0.4) is 0 Å². The molecule has 3 N–H and O–H groups in total. The number of carboxylic acid groups (broad SMARTS) is 1. The van der Waals surface area contributed by atoms with Crippen LogP contribution < -0.4 is 15.4 Å². The van der Waals surface area contributed by atoms with Crippen molar-refractivity contribution in [3.05, 3.63) is 49.1 Å². The van der Waals surface area contributed by atoms with Crippen LogP contribution in [0, 0.1) is 5.92 Å². The van der Waals surface area contributed by atoms with E-state index in [2.05, 4.69) is 25.7 Å². The van der Waals surface area contributed by atoms with Crippen LogP contribution in [0.4, 0.5) is 11.6 Å². The van der Waals surface area contributed by atoms with Crippen molar-refractivity contribution in [1.82, 2.24) is 19.7 Å². The van der Waals surface area contributed by atoms with Crippen LogP contribution >= 0.6 is 0 Å². The number of carboxylic acids is 1. The molecule has 1 aromatic carbocycles. The van der Waals surface area contributed by atoms with E-state index in [1.165, 1.54) is 4.68 Å². The predicted molar refractivity (Wildman–Crippen MR) is 136 cm³/mol. The zero-order valence-corrected chi connectivity index (χ0v) is 20.1. The standard InChI is InChI=1S/C26H26N6O4/c1-14(26(34)35)32-13-16(10-30-32)17-5-4-6-18(23(17)36-3)20-11-29-24(27-2)21-12-28-22(9-19(20)21)31-25(33)15-7-8-15/h4-6,9-15H,7-8H2,1-3H3,(H,27,29)(H,34,35)(H,28,31,33). The molecule has 10 heteroatoms. The molecule has 3 aromatic heterocycles. The molecule has 1 amide bonds. The molecule has 36 heavy (non-hydrogen) atoms. The number of nitrogens with zero attached hydrogens (tertiary/aromatic N) is 4. The summed E-state index contributed by atoms with van der Waals surface area (Å²) in [5.74, 6) is 0.826. The van der Waals surface area contributed by atoms with Gasteiger partial charge in [0.05, 0.1) is 13.3 Å². The first-order valence-corrected chi connectivity index (χ1v) is 11.6. The molecule has 0 bridgehead atoms. The SMILES string of the molecule is CNc1ncc(-c2cccc(-c3cnn(C(C)C(=O)O)c3)c2OC)c2cc(NC(=O)C3CC3)ncc12. The van der Waals surface area contributed by atoms with E-state index in [9.17, 15) is 14.7 Å². The summed E-state index contributed by atoms with van der Waals surface area (Å²) in [6, 6.07) is 6.79. The third-order valence-corrected chi connectivity index (χ3v) is 6.38. The summed E-state index contributed by atoms with van der Waals surface area (Å²) in [5.41, 5.74) is 3.09. The highest BCUT2D eigenvalue weighted by Crippen LogP contribution is 2.42. The first kappa shape index (κ1) is 23.3. The van der Waals surface area contributed by atoms with Gasteiger partial charge in [0, 0.05) is 64.6 Å². The maximum Gasteiger partial charge on any atom is 0.328 e. The van der Waals surface area contributed by atoms with E-state index < -0.39 is 12.0 Å². The normalized spacial score (nSPS) is 13.9. The Hall–Kier alpha value is -4.47. The summed E-state index contributed by atoms with van der Waals surface area (Å²) in [7, 11) is 3.38. The summed E-state index contributed by atoms with van der Waals surface area (Å²) in [4.78, 5) is 32.8. The van der Waals surface area contributed by atoms with Crippen molar-refractivity contribution in [3.63, 3.8) is 0 Å². The maximum atomic E-state index is 12.3. The summed E-state index contributed by atoms with van der Waals surface area (Å²) < 4.78 is 7.27. The number of fused-ring (bicyclic) bond motifs is 1. The molecule has 1 fully saturated rings. The highest BCUT2D eigenvalue weighted by Gasteiger charge is 2.30. The summed E-state index contributed by atoms with van der Waals surface area (Å²) in [5, 5.41) is 21.2. The first-order valence-electron chi connectivity index (χ1n) is 11.6. The number of nitrogens with one attached hydrogen (secondary N) is 2. The smallest absolute Gasteiger partial charge is 0.328 e. The number of carbonyl (C=O) groups is 2. The minimum absolute atomic E-state index is 0.0153. The number of anilines is 2. The molecule has 3 heterocycles. The van der Waals surface area contributed by atoms with Crippen molar-refractivity contribution in [2.45, 2.75) is 25.8 Å². The Labute approximate surface area is 207 Å². The van der Waals surface area contributed by atoms with E-state index in [0.717, 1.165) is 45.9 Å². The fraction of sp³-hybridized carbons (Fsp3) is 0.269. The van der Waals surface area contributed by atoms with Crippen LogP contribution in [-0.4, -0.2) is 50.9 Å². The summed E-state index contributed by atoms with van der Waals surface area (Å²) >= 11 is 0. The zero-order chi connectivity index (χ0) is 25.4. The molecule has 1 unspecified atom stereocenters. The Balaban J connectivity index is 1.63. The van der Waals surface area contributed by atoms with Gasteiger partial charge in [0.15, 0.2) is 0 Å². The number of para-hydroxylation sites is 1. The van der Waals surface area contributed by atoms with Gasteiger partial charge in [-0.15, -0.1) is 0 Å². The number of hydrogen-bond acceptors (Lipinski definition) is 7. The Morgan fingerprint density at radius 2 is 1.89 bits per heavy atom. The summed E-state index contributed by atoms with van der Waals surface area (Å²) in [6.07, 6.45) is 8.59. The van der Waals surface area contributed by atoms with Gasteiger partial charge in [-0.25, -0.2) is 14.8 Å². The average molecular weight is 487 g/mol.